The number of benzene rings is 1. The molecule has 0 atom stereocenters. The summed E-state index contributed by atoms with van der Waals surface area (Å²) in [6, 6.07) is 8.38. The first-order valence-corrected chi connectivity index (χ1v) is 6.79. The van der Waals surface area contributed by atoms with Crippen LogP contribution in [0.4, 0.5) is 11.5 Å². The molecule has 0 saturated carbocycles. The smallest absolute Gasteiger partial charge is 0.311 e. The van der Waals surface area contributed by atoms with E-state index in [9.17, 15) is 10.1 Å². The van der Waals surface area contributed by atoms with Gasteiger partial charge in [0.1, 0.15) is 11.6 Å². The van der Waals surface area contributed by atoms with Crippen molar-refractivity contribution in [1.29, 1.82) is 0 Å². The lowest BCUT2D eigenvalue weighted by atomic mass is 10.1. The highest BCUT2D eigenvalue weighted by Crippen LogP contribution is 2.32. The van der Waals surface area contributed by atoms with Gasteiger partial charge < -0.3 is 10.1 Å². The standard InChI is InChI=1S/C15H17N3O3/c1-3-11-5-6-14(13(9-11)18(19)20)21-12-7-8-17-15(10-12)16-4-2/h5-10H,3-4H2,1-2H3,(H,16,17). The molecule has 6 heteroatoms. The van der Waals surface area contributed by atoms with Crippen molar-refractivity contribution < 1.29 is 9.66 Å². The first-order chi connectivity index (χ1) is 10.1. The second-order valence-corrected chi connectivity index (χ2v) is 4.42. The van der Waals surface area contributed by atoms with Crippen molar-refractivity contribution in [1.82, 2.24) is 4.98 Å². The van der Waals surface area contributed by atoms with Gasteiger partial charge in [0, 0.05) is 24.9 Å². The van der Waals surface area contributed by atoms with E-state index in [1.807, 2.05) is 19.9 Å². The van der Waals surface area contributed by atoms with E-state index in [4.69, 9.17) is 4.74 Å². The predicted octanol–water partition coefficient (Wildman–Crippen LogP) is 3.78. The first-order valence-electron chi connectivity index (χ1n) is 6.79. The third kappa shape index (κ3) is 3.68. The number of ether oxygens (including phenoxy) is 1. The average Bonchev–Trinajstić information content (AvgIpc) is 2.48. The lowest BCUT2D eigenvalue weighted by Gasteiger charge is -2.09. The van der Waals surface area contributed by atoms with Crippen LogP contribution in [0, 0.1) is 10.1 Å². The summed E-state index contributed by atoms with van der Waals surface area (Å²) in [6.07, 6.45) is 2.33. The summed E-state index contributed by atoms with van der Waals surface area (Å²) in [6.45, 7) is 4.65. The molecule has 0 radical (unpaired) electrons. The minimum atomic E-state index is -0.430. The molecule has 0 amide bonds. The summed E-state index contributed by atoms with van der Waals surface area (Å²) in [7, 11) is 0. The van der Waals surface area contributed by atoms with Crippen molar-refractivity contribution in [2.24, 2.45) is 0 Å². The second-order valence-electron chi connectivity index (χ2n) is 4.42. The van der Waals surface area contributed by atoms with Crippen molar-refractivity contribution in [3.05, 3.63) is 52.2 Å². The zero-order chi connectivity index (χ0) is 15.2. The Morgan fingerprint density at radius 3 is 2.76 bits per heavy atom. The molecule has 0 saturated heterocycles. The Kier molecular flexibility index (Phi) is 4.71. The van der Waals surface area contributed by atoms with Gasteiger partial charge in [-0.1, -0.05) is 13.0 Å². The van der Waals surface area contributed by atoms with E-state index in [-0.39, 0.29) is 11.4 Å². The fraction of sp³-hybridized carbons (Fsp3) is 0.267. The molecular formula is C15H17N3O3. The number of aryl methyl sites for hydroxylation is 1. The number of nitrogens with one attached hydrogen (secondary N) is 1. The highest BCUT2D eigenvalue weighted by molar-refractivity contribution is 5.51. The van der Waals surface area contributed by atoms with Crippen LogP contribution in [-0.4, -0.2) is 16.5 Å². The molecule has 1 aromatic heterocycles. The van der Waals surface area contributed by atoms with Crippen LogP contribution in [0.25, 0.3) is 0 Å². The summed E-state index contributed by atoms with van der Waals surface area (Å²) < 4.78 is 5.64. The number of pyridine rings is 1. The molecule has 1 N–H and O–H groups in total. The molecular weight excluding hydrogens is 270 g/mol. The number of hydrogen-bond acceptors (Lipinski definition) is 5. The molecule has 21 heavy (non-hydrogen) atoms. The highest BCUT2D eigenvalue weighted by atomic mass is 16.6. The molecule has 1 aromatic carbocycles. The van der Waals surface area contributed by atoms with E-state index >= 15 is 0 Å². The van der Waals surface area contributed by atoms with Gasteiger partial charge in [-0.3, -0.25) is 10.1 Å². The highest BCUT2D eigenvalue weighted by Gasteiger charge is 2.16. The Bertz CT molecular complexity index is 644. The van der Waals surface area contributed by atoms with Crippen LogP contribution in [0.5, 0.6) is 11.5 Å². The zero-order valence-electron chi connectivity index (χ0n) is 12.0. The Labute approximate surface area is 122 Å². The van der Waals surface area contributed by atoms with Gasteiger partial charge >= 0.3 is 5.69 Å². The van der Waals surface area contributed by atoms with Crippen molar-refractivity contribution >= 4 is 11.5 Å². The maximum Gasteiger partial charge on any atom is 0.311 e. The van der Waals surface area contributed by atoms with Gasteiger partial charge in [0.25, 0.3) is 0 Å². The van der Waals surface area contributed by atoms with Crippen LogP contribution in [0.3, 0.4) is 0 Å². The van der Waals surface area contributed by atoms with Crippen LogP contribution in [-0.2, 0) is 6.42 Å². The molecule has 1 heterocycles. The quantitative estimate of drug-likeness (QED) is 0.646. The minimum Gasteiger partial charge on any atom is -0.450 e. The summed E-state index contributed by atoms with van der Waals surface area (Å²) in [5.74, 6) is 1.40. The van der Waals surface area contributed by atoms with Crippen molar-refractivity contribution in [2.75, 3.05) is 11.9 Å². The average molecular weight is 287 g/mol. The molecule has 0 spiro atoms. The monoisotopic (exact) mass is 287 g/mol. The van der Waals surface area contributed by atoms with E-state index < -0.39 is 4.92 Å². The fourth-order valence-electron chi connectivity index (χ4n) is 1.89. The Balaban J connectivity index is 2.30. The number of aromatic nitrogens is 1. The largest absolute Gasteiger partial charge is 0.450 e. The SMILES string of the molecule is CCNc1cc(Oc2ccc(CC)cc2[N+](=O)[O-])ccn1. The molecule has 0 unspecified atom stereocenters. The number of nitro benzene ring substituents is 1. The molecule has 2 aromatic rings. The van der Waals surface area contributed by atoms with E-state index in [1.54, 1.807) is 30.5 Å². The third-order valence-corrected chi connectivity index (χ3v) is 2.95. The Hall–Kier alpha value is -2.63. The molecule has 0 aliphatic carbocycles. The van der Waals surface area contributed by atoms with E-state index in [0.717, 1.165) is 18.5 Å². The number of hydrogen-bond donors (Lipinski definition) is 1. The van der Waals surface area contributed by atoms with Gasteiger partial charge in [-0.25, -0.2) is 4.98 Å². The van der Waals surface area contributed by atoms with Gasteiger partial charge in [0.15, 0.2) is 0 Å². The van der Waals surface area contributed by atoms with Gasteiger partial charge in [-0.2, -0.15) is 0 Å². The number of nitro groups is 1. The molecule has 6 nitrogen and oxygen atoms in total. The summed E-state index contributed by atoms with van der Waals surface area (Å²) in [5.41, 5.74) is 0.869. The van der Waals surface area contributed by atoms with Crippen molar-refractivity contribution in [3.8, 4) is 11.5 Å². The number of anilines is 1. The van der Waals surface area contributed by atoms with Crippen LogP contribution in [0.1, 0.15) is 19.4 Å². The summed E-state index contributed by atoms with van der Waals surface area (Å²) >= 11 is 0. The van der Waals surface area contributed by atoms with Gasteiger partial charge in [0.2, 0.25) is 5.75 Å². The predicted molar refractivity (Wildman–Crippen MR) is 80.9 cm³/mol. The van der Waals surface area contributed by atoms with Crippen LogP contribution in [0.2, 0.25) is 0 Å². The molecule has 0 bridgehead atoms. The topological polar surface area (TPSA) is 77.3 Å². The molecule has 2 rings (SSSR count). The van der Waals surface area contributed by atoms with E-state index in [2.05, 4.69) is 10.3 Å². The maximum atomic E-state index is 11.2. The Morgan fingerprint density at radius 1 is 1.29 bits per heavy atom. The van der Waals surface area contributed by atoms with Crippen LogP contribution in [0.15, 0.2) is 36.5 Å². The molecule has 0 aliphatic rings. The first kappa shape index (κ1) is 14.8. The normalized spacial score (nSPS) is 10.2. The van der Waals surface area contributed by atoms with E-state index in [1.165, 1.54) is 0 Å². The lowest BCUT2D eigenvalue weighted by molar-refractivity contribution is -0.385. The summed E-state index contributed by atoms with van der Waals surface area (Å²) in [4.78, 5) is 14.9. The molecule has 110 valence electrons. The van der Waals surface area contributed by atoms with Crippen LogP contribution >= 0.6 is 0 Å². The van der Waals surface area contributed by atoms with Crippen molar-refractivity contribution in [3.63, 3.8) is 0 Å². The molecule has 0 aliphatic heterocycles. The van der Waals surface area contributed by atoms with Gasteiger partial charge in [0.05, 0.1) is 4.92 Å². The minimum absolute atomic E-state index is 0.0313. The number of nitrogens with zero attached hydrogens (tertiary/aromatic N) is 2. The van der Waals surface area contributed by atoms with Crippen LogP contribution < -0.4 is 10.1 Å². The summed E-state index contributed by atoms with van der Waals surface area (Å²) in [5, 5.41) is 14.2. The number of rotatable bonds is 6. The molecule has 0 fully saturated rings. The zero-order valence-corrected chi connectivity index (χ0v) is 12.0. The third-order valence-electron chi connectivity index (χ3n) is 2.95. The van der Waals surface area contributed by atoms with E-state index in [0.29, 0.717) is 11.6 Å². The van der Waals surface area contributed by atoms with Gasteiger partial charge in [-0.15, -0.1) is 0 Å². The van der Waals surface area contributed by atoms with Gasteiger partial charge in [-0.05, 0) is 31.0 Å². The second kappa shape index (κ2) is 6.69. The lowest BCUT2D eigenvalue weighted by Crippen LogP contribution is -1.99. The Morgan fingerprint density at radius 2 is 2.10 bits per heavy atom. The fourth-order valence-corrected chi connectivity index (χ4v) is 1.89. The maximum absolute atomic E-state index is 11.2. The van der Waals surface area contributed by atoms with Crippen molar-refractivity contribution in [2.45, 2.75) is 20.3 Å².